The van der Waals surface area contributed by atoms with E-state index in [-0.39, 0.29) is 30.1 Å². The fourth-order valence-electron chi connectivity index (χ4n) is 7.70. The van der Waals surface area contributed by atoms with Crippen LogP contribution in [0.25, 0.3) is 0 Å². The van der Waals surface area contributed by atoms with Gasteiger partial charge >= 0.3 is 5.97 Å². The average molecular weight is 907 g/mol. The van der Waals surface area contributed by atoms with E-state index in [1.165, 1.54) is 0 Å². The van der Waals surface area contributed by atoms with E-state index in [1.807, 2.05) is 72.8 Å². The van der Waals surface area contributed by atoms with Gasteiger partial charge in [0.25, 0.3) is 0 Å². The van der Waals surface area contributed by atoms with E-state index in [1.54, 1.807) is 31.7 Å². The summed E-state index contributed by atoms with van der Waals surface area (Å²) in [6.07, 6.45) is 7.77. The molecular formula is C49H70N12O5. The largest absolute Gasteiger partial charge is 0.512 e. The van der Waals surface area contributed by atoms with Gasteiger partial charge in [-0.3, -0.25) is 53.9 Å². The first kappa shape index (κ1) is 51.3. The molecule has 0 bridgehead atoms. The van der Waals surface area contributed by atoms with Gasteiger partial charge in [-0.05, 0) is 55.5 Å². The number of amides is 2. The Morgan fingerprint density at radius 3 is 1.24 bits per heavy atom. The highest BCUT2D eigenvalue weighted by atomic mass is 16.5. The van der Waals surface area contributed by atoms with Crippen LogP contribution in [0.3, 0.4) is 0 Å². The number of rotatable bonds is 25. The lowest BCUT2D eigenvalue weighted by Crippen LogP contribution is -2.48. The molecule has 17 heteroatoms. The summed E-state index contributed by atoms with van der Waals surface area (Å²) in [6, 6.07) is 23.5. The smallest absolute Gasteiger partial charge is 0.320 e. The maximum Gasteiger partial charge on any atom is 0.320 e. The predicted molar refractivity (Wildman–Crippen MR) is 255 cm³/mol. The molecule has 5 rings (SSSR count). The molecule has 0 saturated carbocycles. The summed E-state index contributed by atoms with van der Waals surface area (Å²) < 4.78 is 5.35. The predicted octanol–water partition coefficient (Wildman–Crippen LogP) is 2.84. The minimum atomic E-state index is -0.283. The molecular weight excluding hydrogens is 837 g/mol. The summed E-state index contributed by atoms with van der Waals surface area (Å²) in [5.41, 5.74) is 3.80. The molecule has 2 amide bonds. The lowest BCUT2D eigenvalue weighted by Gasteiger charge is -2.34. The van der Waals surface area contributed by atoms with Gasteiger partial charge < -0.3 is 30.3 Å². The Labute approximate surface area is 390 Å². The maximum absolute atomic E-state index is 13.3. The zero-order valence-corrected chi connectivity index (χ0v) is 38.8. The first-order chi connectivity index (χ1) is 32.2. The second kappa shape index (κ2) is 29.8. The molecule has 1 aliphatic heterocycles. The van der Waals surface area contributed by atoms with Gasteiger partial charge in [-0.2, -0.15) is 0 Å². The molecule has 0 aromatic carbocycles. The SMILES string of the molecule is C=C(O)CN1CCN(CCC(=O)NCCN(Cc2ccccn2)Cc2ccccn2)CCN(CC(=O)OCC)CCN(CCC(=O)NCCN(Cc2ccccn2)Cc2ccccn2)CC1. The van der Waals surface area contributed by atoms with Gasteiger partial charge in [-0.1, -0.05) is 30.8 Å². The molecule has 1 fully saturated rings. The Hall–Kier alpha value is -5.69. The minimum absolute atomic E-state index is 0.0355. The standard InChI is InChI=1S/C49H70N12O5/c1-3-66-49(65)41-59-34-30-56(24-16-47(63)54-22-26-60(37-43-12-4-8-18-50-43)38-44-13-5-9-19-51-44)28-32-58(36-42(2)62)33-29-57(31-35-59)25-17-48(64)55-23-27-61(39-45-14-6-10-20-52-45)40-46-15-7-11-21-53-46/h4-15,18-21,62H,2-3,16-17,22-41H2,1H3,(H,54,63)(H,55,64). The average Bonchev–Trinajstić information content (AvgIpc) is 3.31. The van der Waals surface area contributed by atoms with Gasteiger partial charge in [0.15, 0.2) is 0 Å². The van der Waals surface area contributed by atoms with Crippen LogP contribution in [0.15, 0.2) is 110 Å². The molecule has 0 unspecified atom stereocenters. The third kappa shape index (κ3) is 21.1. The third-order valence-electron chi connectivity index (χ3n) is 11.3. The lowest BCUT2D eigenvalue weighted by molar-refractivity contribution is -0.144. The van der Waals surface area contributed by atoms with Crippen LogP contribution in [0.1, 0.15) is 42.5 Å². The zero-order chi connectivity index (χ0) is 46.6. The first-order valence-electron chi connectivity index (χ1n) is 23.2. The fraction of sp³-hybridized carbons (Fsp3) is 0.490. The number of aliphatic hydroxyl groups excluding tert-OH is 1. The highest BCUT2D eigenvalue weighted by Crippen LogP contribution is 2.09. The summed E-state index contributed by atoms with van der Waals surface area (Å²) in [5, 5.41) is 16.5. The number of nitrogens with zero attached hydrogens (tertiary/aromatic N) is 10. The molecule has 5 heterocycles. The molecule has 0 aliphatic carbocycles. The molecule has 356 valence electrons. The van der Waals surface area contributed by atoms with Crippen LogP contribution in [-0.2, 0) is 45.3 Å². The van der Waals surface area contributed by atoms with Crippen LogP contribution in [0, 0.1) is 0 Å². The second-order valence-corrected chi connectivity index (χ2v) is 16.5. The van der Waals surface area contributed by atoms with Crippen LogP contribution in [0.4, 0.5) is 0 Å². The van der Waals surface area contributed by atoms with Gasteiger partial charge in [0.05, 0.1) is 48.2 Å². The summed E-state index contributed by atoms with van der Waals surface area (Å²) in [4.78, 5) is 70.5. The highest BCUT2D eigenvalue weighted by molar-refractivity contribution is 5.76. The Morgan fingerprint density at radius 1 is 0.576 bits per heavy atom. The molecule has 3 N–H and O–H groups in total. The van der Waals surface area contributed by atoms with Crippen molar-refractivity contribution in [3.8, 4) is 0 Å². The van der Waals surface area contributed by atoms with Crippen molar-refractivity contribution in [2.24, 2.45) is 0 Å². The summed E-state index contributed by atoms with van der Waals surface area (Å²) >= 11 is 0. The van der Waals surface area contributed by atoms with Crippen molar-refractivity contribution in [2.75, 3.05) is 111 Å². The molecule has 66 heavy (non-hydrogen) atoms. The monoisotopic (exact) mass is 907 g/mol. The Bertz CT molecular complexity index is 1780. The second-order valence-electron chi connectivity index (χ2n) is 16.5. The highest BCUT2D eigenvalue weighted by Gasteiger charge is 2.21. The van der Waals surface area contributed by atoms with E-state index in [9.17, 15) is 19.5 Å². The summed E-state index contributed by atoms with van der Waals surface area (Å²) in [7, 11) is 0. The van der Waals surface area contributed by atoms with Crippen LogP contribution >= 0.6 is 0 Å². The number of hydrogen-bond acceptors (Lipinski definition) is 15. The number of aromatic nitrogens is 4. The number of ether oxygens (including phenoxy) is 1. The van der Waals surface area contributed by atoms with E-state index in [0.29, 0.717) is 144 Å². The van der Waals surface area contributed by atoms with E-state index >= 15 is 0 Å². The third-order valence-corrected chi connectivity index (χ3v) is 11.3. The van der Waals surface area contributed by atoms with Crippen molar-refractivity contribution >= 4 is 17.8 Å². The van der Waals surface area contributed by atoms with Gasteiger partial charge in [-0.15, -0.1) is 0 Å². The molecule has 1 aliphatic rings. The molecule has 4 aromatic rings. The molecule has 4 aromatic heterocycles. The Kier molecular flexibility index (Phi) is 23.1. The van der Waals surface area contributed by atoms with E-state index in [2.05, 4.69) is 66.5 Å². The molecule has 0 radical (unpaired) electrons. The summed E-state index contributed by atoms with van der Waals surface area (Å²) in [5.74, 6) is -0.271. The number of carbonyl (C=O) groups is 3. The van der Waals surface area contributed by atoms with Crippen LogP contribution in [0.2, 0.25) is 0 Å². The van der Waals surface area contributed by atoms with Crippen molar-refractivity contribution in [3.63, 3.8) is 0 Å². The number of hydrogen-bond donors (Lipinski definition) is 3. The van der Waals surface area contributed by atoms with Crippen LogP contribution < -0.4 is 10.6 Å². The quantitative estimate of drug-likeness (QED) is 0.0654. The summed E-state index contributed by atoms with van der Waals surface area (Å²) in [6.45, 7) is 17.2. The van der Waals surface area contributed by atoms with Crippen LogP contribution in [0.5, 0.6) is 0 Å². The molecule has 0 spiro atoms. The van der Waals surface area contributed by atoms with E-state index in [4.69, 9.17) is 4.74 Å². The normalized spacial score (nSPS) is 14.9. The van der Waals surface area contributed by atoms with Crippen molar-refractivity contribution in [3.05, 3.63) is 133 Å². The number of aliphatic hydroxyl groups is 1. The van der Waals surface area contributed by atoms with Crippen molar-refractivity contribution in [1.82, 2.24) is 60.0 Å². The van der Waals surface area contributed by atoms with Gasteiger partial charge in [0, 0.05) is 155 Å². The Morgan fingerprint density at radius 2 is 0.924 bits per heavy atom. The molecule has 17 nitrogen and oxygen atoms in total. The van der Waals surface area contributed by atoms with Gasteiger partial charge in [0.1, 0.15) is 0 Å². The molecule has 0 atom stereocenters. The first-order valence-corrected chi connectivity index (χ1v) is 23.2. The van der Waals surface area contributed by atoms with Gasteiger partial charge in [-0.25, -0.2) is 0 Å². The van der Waals surface area contributed by atoms with Crippen molar-refractivity contribution in [2.45, 2.75) is 45.9 Å². The van der Waals surface area contributed by atoms with Crippen molar-refractivity contribution in [1.29, 1.82) is 0 Å². The lowest BCUT2D eigenvalue weighted by atomic mass is 10.2. The fourth-order valence-corrected chi connectivity index (χ4v) is 7.70. The minimum Gasteiger partial charge on any atom is -0.512 e. The van der Waals surface area contributed by atoms with Crippen LogP contribution in [-0.4, -0.2) is 184 Å². The zero-order valence-electron chi connectivity index (χ0n) is 38.8. The van der Waals surface area contributed by atoms with Gasteiger partial charge in [0.2, 0.25) is 11.8 Å². The topological polar surface area (TPSA) is 176 Å². The number of esters is 1. The molecule has 1 saturated heterocycles. The van der Waals surface area contributed by atoms with E-state index < -0.39 is 0 Å². The number of pyridine rings is 4. The van der Waals surface area contributed by atoms with Crippen molar-refractivity contribution < 1.29 is 24.2 Å². The number of carbonyl (C=O) groups excluding carboxylic acids is 3. The number of nitrogens with one attached hydrogen (secondary N) is 2. The Balaban J connectivity index is 1.13. The maximum atomic E-state index is 13.3. The van der Waals surface area contributed by atoms with E-state index in [0.717, 1.165) is 22.8 Å².